The molecule has 1 aromatic carbocycles. The molecule has 0 spiro atoms. The number of carbonyl (C=O) groups excluding carboxylic acids is 1. The van der Waals surface area contributed by atoms with Gasteiger partial charge < -0.3 is 15.1 Å². The molecule has 5 rings (SSSR count). The van der Waals surface area contributed by atoms with E-state index in [1.54, 1.807) is 4.90 Å². The number of hydrogen-bond donors (Lipinski definition) is 1. The fourth-order valence-electron chi connectivity index (χ4n) is 4.55. The summed E-state index contributed by atoms with van der Waals surface area (Å²) in [5.41, 5.74) is 5.94. The molecule has 3 aromatic rings. The summed E-state index contributed by atoms with van der Waals surface area (Å²) in [7, 11) is 1.84. The Morgan fingerprint density at radius 3 is 2.68 bits per heavy atom. The third kappa shape index (κ3) is 3.40. The minimum atomic E-state index is -0.104. The number of amides is 1. The summed E-state index contributed by atoms with van der Waals surface area (Å²) in [4.78, 5) is 30.5. The minimum absolute atomic E-state index is 0.104. The first-order chi connectivity index (χ1) is 15.0. The second-order valence-corrected chi connectivity index (χ2v) is 8.16. The molecule has 7 nitrogen and oxygen atoms in total. The largest absolute Gasteiger partial charge is 0.343 e. The van der Waals surface area contributed by atoms with E-state index >= 15 is 0 Å². The van der Waals surface area contributed by atoms with Crippen LogP contribution in [-0.2, 0) is 11.2 Å². The van der Waals surface area contributed by atoms with Crippen LogP contribution in [0.5, 0.6) is 0 Å². The number of carbonyl (C=O) groups is 1. The fourth-order valence-corrected chi connectivity index (χ4v) is 4.55. The zero-order valence-electron chi connectivity index (χ0n) is 18.1. The van der Waals surface area contributed by atoms with E-state index in [0.29, 0.717) is 5.95 Å². The predicted octanol–water partition coefficient (Wildman–Crippen LogP) is 4.10. The summed E-state index contributed by atoms with van der Waals surface area (Å²) in [6, 6.07) is 12.2. The third-order valence-corrected chi connectivity index (χ3v) is 6.12. The average molecular weight is 415 g/mol. The molecule has 1 unspecified atom stereocenters. The van der Waals surface area contributed by atoms with E-state index in [0.717, 1.165) is 65.5 Å². The van der Waals surface area contributed by atoms with Gasteiger partial charge in [0, 0.05) is 31.2 Å². The van der Waals surface area contributed by atoms with Gasteiger partial charge in [0.1, 0.15) is 11.7 Å². The van der Waals surface area contributed by atoms with Crippen molar-refractivity contribution in [1.82, 2.24) is 15.0 Å². The van der Waals surface area contributed by atoms with Crippen LogP contribution in [0, 0.1) is 6.92 Å². The van der Waals surface area contributed by atoms with Crippen LogP contribution in [0.15, 0.2) is 42.6 Å². The normalized spacial score (nSPS) is 17.5. The maximum absolute atomic E-state index is 12.8. The smallest absolute Gasteiger partial charge is 0.249 e. The molecule has 0 bridgehead atoms. The summed E-state index contributed by atoms with van der Waals surface area (Å²) in [6.07, 6.45) is 4.45. The van der Waals surface area contributed by atoms with Gasteiger partial charge in [-0.1, -0.05) is 19.1 Å². The van der Waals surface area contributed by atoms with E-state index < -0.39 is 0 Å². The molecule has 0 aliphatic carbocycles. The van der Waals surface area contributed by atoms with Crippen LogP contribution in [-0.4, -0.2) is 40.5 Å². The molecule has 158 valence electrons. The highest BCUT2D eigenvalue weighted by Gasteiger charge is 2.41. The minimum Gasteiger partial charge on any atom is -0.343 e. The van der Waals surface area contributed by atoms with Gasteiger partial charge in [0.15, 0.2) is 5.82 Å². The monoisotopic (exact) mass is 414 g/mol. The van der Waals surface area contributed by atoms with E-state index in [1.807, 2.05) is 38.4 Å². The molecular formula is C24H26N6O. The van der Waals surface area contributed by atoms with Crippen molar-refractivity contribution in [3.05, 3.63) is 54.0 Å². The number of aryl methyl sites for hydroxylation is 2. The van der Waals surface area contributed by atoms with Crippen molar-refractivity contribution < 1.29 is 4.79 Å². The zero-order chi connectivity index (χ0) is 21.5. The Labute approximate surface area is 182 Å². The first kappa shape index (κ1) is 19.5. The molecule has 0 saturated carbocycles. The number of aromatic nitrogens is 3. The number of nitrogens with zero attached hydrogens (tertiary/aromatic N) is 5. The topological polar surface area (TPSA) is 74.2 Å². The van der Waals surface area contributed by atoms with Crippen molar-refractivity contribution >= 4 is 29.0 Å². The first-order valence-electron chi connectivity index (χ1n) is 10.8. The van der Waals surface area contributed by atoms with Gasteiger partial charge in [0.05, 0.1) is 5.69 Å². The highest BCUT2D eigenvalue weighted by molar-refractivity contribution is 6.05. The zero-order valence-corrected chi connectivity index (χ0v) is 18.1. The average Bonchev–Trinajstić information content (AvgIpc) is 3.28. The van der Waals surface area contributed by atoms with Crippen molar-refractivity contribution in [3.8, 4) is 11.1 Å². The lowest BCUT2D eigenvalue weighted by Gasteiger charge is -2.37. The standard InChI is InChI=1S/C24H26N6O/c1-4-19-21-22(30-13-5-6-20(30)23(31)29(21)3)28-24(27-19)26-18-9-7-16(8-10-18)17-11-12-25-15(2)14-17/h7-12,14,20H,4-6,13H2,1-3H3,(H,26,27,28). The number of nitrogens with one attached hydrogen (secondary N) is 1. The molecule has 2 aromatic heterocycles. The van der Waals surface area contributed by atoms with Gasteiger partial charge in [-0.25, -0.2) is 4.98 Å². The number of hydrogen-bond acceptors (Lipinski definition) is 6. The van der Waals surface area contributed by atoms with Crippen molar-refractivity contribution in [2.45, 2.75) is 39.2 Å². The van der Waals surface area contributed by atoms with E-state index in [9.17, 15) is 4.79 Å². The Morgan fingerprint density at radius 1 is 1.13 bits per heavy atom. The molecule has 1 fully saturated rings. The summed E-state index contributed by atoms with van der Waals surface area (Å²) >= 11 is 0. The third-order valence-electron chi connectivity index (χ3n) is 6.12. The second kappa shape index (κ2) is 7.65. The predicted molar refractivity (Wildman–Crippen MR) is 123 cm³/mol. The second-order valence-electron chi connectivity index (χ2n) is 8.16. The van der Waals surface area contributed by atoms with Gasteiger partial charge in [-0.2, -0.15) is 4.98 Å². The molecule has 7 heteroatoms. The van der Waals surface area contributed by atoms with Crippen molar-refractivity contribution in [1.29, 1.82) is 0 Å². The number of likely N-dealkylation sites (N-methyl/N-ethyl adjacent to an activating group) is 1. The van der Waals surface area contributed by atoms with Crippen LogP contribution in [0.4, 0.5) is 23.1 Å². The lowest BCUT2D eigenvalue weighted by Crippen LogP contribution is -2.50. The van der Waals surface area contributed by atoms with Gasteiger partial charge in [0.2, 0.25) is 11.9 Å². The van der Waals surface area contributed by atoms with Crippen molar-refractivity contribution in [2.75, 3.05) is 28.7 Å². The molecule has 31 heavy (non-hydrogen) atoms. The molecule has 2 aliphatic heterocycles. The van der Waals surface area contributed by atoms with Crippen LogP contribution >= 0.6 is 0 Å². The first-order valence-corrected chi connectivity index (χ1v) is 10.8. The summed E-state index contributed by atoms with van der Waals surface area (Å²) in [5, 5.41) is 3.36. The van der Waals surface area contributed by atoms with Crippen LogP contribution in [0.3, 0.4) is 0 Å². The Morgan fingerprint density at radius 2 is 1.94 bits per heavy atom. The maximum Gasteiger partial charge on any atom is 0.249 e. The lowest BCUT2D eigenvalue weighted by molar-refractivity contribution is -0.119. The van der Waals surface area contributed by atoms with Crippen molar-refractivity contribution in [2.24, 2.45) is 0 Å². The van der Waals surface area contributed by atoms with Gasteiger partial charge in [0.25, 0.3) is 0 Å². The number of benzene rings is 1. The van der Waals surface area contributed by atoms with E-state index in [1.165, 1.54) is 0 Å². The Balaban J connectivity index is 1.46. The summed E-state index contributed by atoms with van der Waals surface area (Å²) in [6.45, 7) is 4.91. The molecule has 1 N–H and O–H groups in total. The lowest BCUT2D eigenvalue weighted by atomic mass is 10.1. The number of fused-ring (bicyclic) bond motifs is 3. The molecular weight excluding hydrogens is 388 g/mol. The van der Waals surface area contributed by atoms with Gasteiger partial charge in [-0.3, -0.25) is 9.78 Å². The maximum atomic E-state index is 12.8. The molecule has 0 radical (unpaired) electrons. The summed E-state index contributed by atoms with van der Waals surface area (Å²) in [5.74, 6) is 1.57. The van der Waals surface area contributed by atoms with E-state index in [2.05, 4.69) is 40.3 Å². The van der Waals surface area contributed by atoms with Crippen LogP contribution in [0.2, 0.25) is 0 Å². The number of pyridine rings is 1. The number of anilines is 4. The number of rotatable bonds is 4. The summed E-state index contributed by atoms with van der Waals surface area (Å²) < 4.78 is 0. The highest BCUT2D eigenvalue weighted by Crippen LogP contribution is 2.40. The van der Waals surface area contributed by atoms with Gasteiger partial charge in [-0.05, 0) is 61.6 Å². The van der Waals surface area contributed by atoms with Crippen LogP contribution in [0.25, 0.3) is 11.1 Å². The van der Waals surface area contributed by atoms with E-state index in [-0.39, 0.29) is 11.9 Å². The molecule has 2 aliphatic rings. The molecule has 1 saturated heterocycles. The van der Waals surface area contributed by atoms with Crippen LogP contribution < -0.4 is 15.1 Å². The quantitative estimate of drug-likeness (QED) is 0.693. The Kier molecular flexibility index (Phi) is 4.81. The SMILES string of the molecule is CCc1nc(Nc2ccc(-c3ccnc(C)c3)cc2)nc2c1N(C)C(=O)C1CCCN21. The molecule has 1 atom stereocenters. The Bertz CT molecular complexity index is 1140. The Hall–Kier alpha value is -3.48. The molecule has 4 heterocycles. The van der Waals surface area contributed by atoms with Gasteiger partial charge in [-0.15, -0.1) is 0 Å². The van der Waals surface area contributed by atoms with Crippen LogP contribution in [0.1, 0.15) is 31.2 Å². The van der Waals surface area contributed by atoms with E-state index in [4.69, 9.17) is 9.97 Å². The fraction of sp³-hybridized carbons (Fsp3) is 0.333. The molecule has 1 amide bonds. The van der Waals surface area contributed by atoms with Crippen molar-refractivity contribution in [3.63, 3.8) is 0 Å². The van der Waals surface area contributed by atoms with Gasteiger partial charge >= 0.3 is 0 Å². The highest BCUT2D eigenvalue weighted by atomic mass is 16.2.